The summed E-state index contributed by atoms with van der Waals surface area (Å²) in [5, 5.41) is 3.61. The predicted octanol–water partition coefficient (Wildman–Crippen LogP) is 2.24. The van der Waals surface area contributed by atoms with Crippen molar-refractivity contribution >= 4 is 0 Å². The molecule has 0 bridgehead atoms. The fourth-order valence-corrected chi connectivity index (χ4v) is 4.68. The number of benzene rings is 1. The van der Waals surface area contributed by atoms with Gasteiger partial charge in [-0.1, -0.05) is 6.07 Å². The van der Waals surface area contributed by atoms with Crippen LogP contribution in [0.3, 0.4) is 0 Å². The number of nitrogens with zero attached hydrogens (tertiary/aromatic N) is 1. The lowest BCUT2D eigenvalue weighted by atomic mass is 9.83. The van der Waals surface area contributed by atoms with E-state index in [0.29, 0.717) is 0 Å². The Labute approximate surface area is 127 Å². The molecule has 3 nitrogen and oxygen atoms in total. The van der Waals surface area contributed by atoms with E-state index in [1.54, 1.807) is 7.11 Å². The number of methoxy groups -OCH3 is 1. The van der Waals surface area contributed by atoms with Crippen molar-refractivity contribution in [2.24, 2.45) is 5.92 Å². The lowest BCUT2D eigenvalue weighted by Crippen LogP contribution is -2.52. The Balaban J connectivity index is 1.54. The Morgan fingerprint density at radius 3 is 3.05 bits per heavy atom. The molecule has 2 saturated heterocycles. The van der Waals surface area contributed by atoms with Gasteiger partial charge in [0.25, 0.3) is 0 Å². The van der Waals surface area contributed by atoms with Crippen molar-refractivity contribution in [2.75, 3.05) is 26.7 Å². The maximum atomic E-state index is 5.41. The number of hydrogen-bond acceptors (Lipinski definition) is 3. The van der Waals surface area contributed by atoms with Gasteiger partial charge < -0.3 is 10.1 Å². The molecular weight excluding hydrogens is 260 g/mol. The topological polar surface area (TPSA) is 24.5 Å². The largest absolute Gasteiger partial charge is 0.497 e. The second-order valence-electron chi connectivity index (χ2n) is 6.90. The third-order valence-electron chi connectivity index (χ3n) is 5.81. The number of ether oxygens (including phenoxy) is 1. The smallest absolute Gasteiger partial charge is 0.119 e. The third kappa shape index (κ3) is 2.47. The molecule has 0 radical (unpaired) electrons. The summed E-state index contributed by atoms with van der Waals surface area (Å²) in [6, 6.07) is 8.15. The van der Waals surface area contributed by atoms with Crippen molar-refractivity contribution in [3.63, 3.8) is 0 Å². The van der Waals surface area contributed by atoms with Crippen LogP contribution in [0.1, 0.15) is 30.4 Å². The first kappa shape index (κ1) is 13.6. The second kappa shape index (κ2) is 5.62. The molecule has 0 aromatic heterocycles. The number of nitrogens with one attached hydrogen (secondary N) is 1. The van der Waals surface area contributed by atoms with E-state index in [2.05, 4.69) is 28.4 Å². The quantitative estimate of drug-likeness (QED) is 0.902. The van der Waals surface area contributed by atoms with E-state index in [1.165, 1.54) is 62.9 Å². The predicted molar refractivity (Wildman–Crippen MR) is 84.9 cm³/mol. The highest BCUT2D eigenvalue weighted by atomic mass is 16.5. The van der Waals surface area contributed by atoms with Gasteiger partial charge >= 0.3 is 0 Å². The zero-order valence-electron chi connectivity index (χ0n) is 13.0. The summed E-state index contributed by atoms with van der Waals surface area (Å²) in [6.45, 7) is 3.73. The van der Waals surface area contributed by atoms with Crippen molar-refractivity contribution in [2.45, 2.75) is 44.2 Å². The molecule has 21 heavy (non-hydrogen) atoms. The molecule has 1 N–H and O–H groups in total. The fraction of sp³-hybridized carbons (Fsp3) is 0.667. The monoisotopic (exact) mass is 286 g/mol. The van der Waals surface area contributed by atoms with Gasteiger partial charge in [-0.3, -0.25) is 4.90 Å². The minimum Gasteiger partial charge on any atom is -0.497 e. The molecule has 2 fully saturated rings. The molecule has 2 aliphatic heterocycles. The van der Waals surface area contributed by atoms with Crippen LogP contribution in [0.4, 0.5) is 0 Å². The van der Waals surface area contributed by atoms with Gasteiger partial charge in [0.05, 0.1) is 7.11 Å². The first-order chi connectivity index (χ1) is 10.3. The van der Waals surface area contributed by atoms with Crippen molar-refractivity contribution in [3.8, 4) is 5.75 Å². The van der Waals surface area contributed by atoms with Crippen LogP contribution in [-0.4, -0.2) is 43.7 Å². The van der Waals surface area contributed by atoms with E-state index in [0.717, 1.165) is 23.8 Å². The Hall–Kier alpha value is -1.06. The normalized spacial score (nSPS) is 32.5. The molecule has 0 spiro atoms. The molecule has 2 heterocycles. The minimum absolute atomic E-state index is 0.734. The lowest BCUT2D eigenvalue weighted by molar-refractivity contribution is 0.0699. The van der Waals surface area contributed by atoms with Crippen molar-refractivity contribution < 1.29 is 4.74 Å². The van der Waals surface area contributed by atoms with Gasteiger partial charge in [-0.15, -0.1) is 0 Å². The van der Waals surface area contributed by atoms with Gasteiger partial charge in [0.15, 0.2) is 0 Å². The van der Waals surface area contributed by atoms with Crippen molar-refractivity contribution in [3.05, 3.63) is 29.3 Å². The lowest BCUT2D eigenvalue weighted by Gasteiger charge is -2.44. The minimum atomic E-state index is 0.734. The zero-order chi connectivity index (χ0) is 14.2. The van der Waals surface area contributed by atoms with Gasteiger partial charge in [0.2, 0.25) is 0 Å². The SMILES string of the molecule is COc1ccc2c(c1)CC(N1CCCC3CNCC31)CC2. The number of fused-ring (bicyclic) bond motifs is 2. The van der Waals surface area contributed by atoms with Crippen LogP contribution in [0, 0.1) is 5.92 Å². The summed E-state index contributed by atoms with van der Waals surface area (Å²) >= 11 is 0. The van der Waals surface area contributed by atoms with E-state index >= 15 is 0 Å². The first-order valence-corrected chi connectivity index (χ1v) is 8.47. The van der Waals surface area contributed by atoms with Crippen LogP contribution < -0.4 is 10.1 Å². The van der Waals surface area contributed by atoms with Crippen LogP contribution >= 0.6 is 0 Å². The molecule has 1 aliphatic carbocycles. The third-order valence-corrected chi connectivity index (χ3v) is 5.81. The van der Waals surface area contributed by atoms with Crippen molar-refractivity contribution in [1.29, 1.82) is 0 Å². The van der Waals surface area contributed by atoms with Crippen LogP contribution in [0.2, 0.25) is 0 Å². The maximum absolute atomic E-state index is 5.41. The number of likely N-dealkylation sites (tertiary alicyclic amines) is 1. The highest BCUT2D eigenvalue weighted by Gasteiger charge is 2.38. The highest BCUT2D eigenvalue weighted by Crippen LogP contribution is 2.33. The van der Waals surface area contributed by atoms with Crippen LogP contribution in [0.25, 0.3) is 0 Å². The number of aryl methyl sites for hydroxylation is 1. The Bertz CT molecular complexity index is 516. The summed E-state index contributed by atoms with van der Waals surface area (Å²) in [6.07, 6.45) is 6.55. The number of hydrogen-bond donors (Lipinski definition) is 1. The Morgan fingerprint density at radius 2 is 2.14 bits per heavy atom. The van der Waals surface area contributed by atoms with E-state index in [-0.39, 0.29) is 0 Å². The number of piperidine rings is 1. The van der Waals surface area contributed by atoms with E-state index in [9.17, 15) is 0 Å². The van der Waals surface area contributed by atoms with Gasteiger partial charge in [0, 0.05) is 18.6 Å². The van der Waals surface area contributed by atoms with Crippen LogP contribution in [0.5, 0.6) is 5.75 Å². The van der Waals surface area contributed by atoms with Gasteiger partial charge in [-0.25, -0.2) is 0 Å². The van der Waals surface area contributed by atoms with E-state index < -0.39 is 0 Å². The average molecular weight is 286 g/mol. The average Bonchev–Trinajstić information content (AvgIpc) is 3.02. The Morgan fingerprint density at radius 1 is 1.19 bits per heavy atom. The fourth-order valence-electron chi connectivity index (χ4n) is 4.68. The molecular formula is C18H26N2O. The van der Waals surface area contributed by atoms with Crippen LogP contribution in [-0.2, 0) is 12.8 Å². The van der Waals surface area contributed by atoms with Gasteiger partial charge in [0.1, 0.15) is 5.75 Å². The van der Waals surface area contributed by atoms with E-state index in [1.807, 2.05) is 0 Å². The first-order valence-electron chi connectivity index (χ1n) is 8.47. The molecule has 114 valence electrons. The molecule has 0 amide bonds. The highest BCUT2D eigenvalue weighted by molar-refractivity contribution is 5.38. The summed E-state index contributed by atoms with van der Waals surface area (Å²) in [7, 11) is 1.77. The van der Waals surface area contributed by atoms with Gasteiger partial charge in [-0.2, -0.15) is 0 Å². The summed E-state index contributed by atoms with van der Waals surface area (Å²) < 4.78 is 5.41. The van der Waals surface area contributed by atoms with Crippen molar-refractivity contribution in [1.82, 2.24) is 10.2 Å². The molecule has 3 aliphatic rings. The van der Waals surface area contributed by atoms with E-state index in [4.69, 9.17) is 4.74 Å². The standard InChI is InChI=1S/C18H26N2O/c1-21-17-7-5-13-4-6-16(9-15(13)10-17)20-8-2-3-14-11-19-12-18(14)20/h5,7,10,14,16,18-19H,2-4,6,8-9,11-12H2,1H3. The summed E-state index contributed by atoms with van der Waals surface area (Å²) in [4.78, 5) is 2.83. The molecule has 4 rings (SSSR count). The molecule has 3 unspecified atom stereocenters. The molecule has 3 heteroatoms. The molecule has 1 aromatic rings. The second-order valence-corrected chi connectivity index (χ2v) is 6.90. The molecule has 1 aromatic carbocycles. The maximum Gasteiger partial charge on any atom is 0.119 e. The summed E-state index contributed by atoms with van der Waals surface area (Å²) in [5.41, 5.74) is 3.05. The van der Waals surface area contributed by atoms with Crippen LogP contribution in [0.15, 0.2) is 18.2 Å². The number of rotatable bonds is 2. The zero-order valence-corrected chi connectivity index (χ0v) is 13.0. The summed E-state index contributed by atoms with van der Waals surface area (Å²) in [5.74, 6) is 1.90. The molecule has 0 saturated carbocycles. The van der Waals surface area contributed by atoms with Gasteiger partial charge in [-0.05, 0) is 74.4 Å². The Kier molecular flexibility index (Phi) is 3.64. The molecule has 3 atom stereocenters.